The zero-order valence-electron chi connectivity index (χ0n) is 14.3. The summed E-state index contributed by atoms with van der Waals surface area (Å²) in [6.07, 6.45) is 6.34. The van der Waals surface area contributed by atoms with Crippen molar-refractivity contribution in [2.75, 3.05) is 33.3 Å². The van der Waals surface area contributed by atoms with Crippen molar-refractivity contribution in [3.05, 3.63) is 30.1 Å². The molecule has 0 aromatic heterocycles. The summed E-state index contributed by atoms with van der Waals surface area (Å²) in [5, 5.41) is 3.43. The number of likely N-dealkylation sites (tertiary alicyclic amines) is 1. The normalized spacial score (nSPS) is 18.9. The van der Waals surface area contributed by atoms with Gasteiger partial charge in [-0.15, -0.1) is 24.0 Å². The number of nitrogens with zero attached hydrogens (tertiary/aromatic N) is 2. The molecule has 1 aliphatic heterocycles. The first-order valence-electron chi connectivity index (χ1n) is 8.55. The number of halogens is 2. The topological polar surface area (TPSA) is 36.9 Å². The van der Waals surface area contributed by atoms with Crippen LogP contribution in [0.4, 0.5) is 4.39 Å². The van der Waals surface area contributed by atoms with Crippen LogP contribution in [0.25, 0.3) is 0 Å². The minimum absolute atomic E-state index is 0. The first kappa shape index (κ1) is 19.3. The molecular weight excluding hydrogens is 420 g/mol. The fraction of sp³-hybridized carbons (Fsp3) is 0.611. The highest BCUT2D eigenvalue weighted by Gasteiger charge is 2.43. The highest BCUT2D eigenvalue weighted by Crippen LogP contribution is 2.47. The summed E-state index contributed by atoms with van der Waals surface area (Å²) in [5.74, 6) is 1.48. The standard InChI is InChI=1S/C18H26FN3O.HI/c1-20-17(22-12-10-18(14-22)8-2-9-18)21-11-3-13-23-16-6-4-15(19)5-7-16;/h4-7H,2-3,8-14H2,1H3,(H,20,21);1H. The lowest BCUT2D eigenvalue weighted by molar-refractivity contribution is 0.151. The van der Waals surface area contributed by atoms with Crippen LogP contribution in [0.2, 0.25) is 0 Å². The van der Waals surface area contributed by atoms with Gasteiger partial charge in [-0.3, -0.25) is 4.99 Å². The molecule has 0 amide bonds. The van der Waals surface area contributed by atoms with Crippen LogP contribution >= 0.6 is 24.0 Å². The average Bonchev–Trinajstić information content (AvgIpc) is 2.98. The highest BCUT2D eigenvalue weighted by molar-refractivity contribution is 14.0. The molecule has 1 spiro atoms. The fourth-order valence-electron chi connectivity index (χ4n) is 3.53. The maximum Gasteiger partial charge on any atom is 0.193 e. The van der Waals surface area contributed by atoms with E-state index in [1.807, 2.05) is 7.05 Å². The molecule has 1 aliphatic carbocycles. The van der Waals surface area contributed by atoms with E-state index in [2.05, 4.69) is 15.2 Å². The predicted octanol–water partition coefficient (Wildman–Crippen LogP) is 3.66. The summed E-state index contributed by atoms with van der Waals surface area (Å²) in [5.41, 5.74) is 0.587. The molecule has 24 heavy (non-hydrogen) atoms. The first-order valence-corrected chi connectivity index (χ1v) is 8.55. The van der Waals surface area contributed by atoms with Gasteiger partial charge in [0.2, 0.25) is 0 Å². The molecule has 0 bridgehead atoms. The molecule has 3 rings (SSSR count). The maximum atomic E-state index is 12.8. The predicted molar refractivity (Wildman–Crippen MR) is 106 cm³/mol. The summed E-state index contributed by atoms with van der Waals surface area (Å²) < 4.78 is 18.4. The number of benzene rings is 1. The highest BCUT2D eigenvalue weighted by atomic mass is 127. The third-order valence-electron chi connectivity index (χ3n) is 5.05. The monoisotopic (exact) mass is 447 g/mol. The van der Waals surface area contributed by atoms with E-state index in [9.17, 15) is 4.39 Å². The molecule has 1 aromatic rings. The van der Waals surface area contributed by atoms with E-state index in [1.54, 1.807) is 12.1 Å². The number of ether oxygens (including phenoxy) is 1. The van der Waals surface area contributed by atoms with E-state index in [0.717, 1.165) is 32.0 Å². The summed E-state index contributed by atoms with van der Waals surface area (Å²) in [7, 11) is 1.85. The van der Waals surface area contributed by atoms with E-state index >= 15 is 0 Å². The van der Waals surface area contributed by atoms with Crippen LogP contribution in [0.3, 0.4) is 0 Å². The van der Waals surface area contributed by atoms with Gasteiger partial charge in [-0.1, -0.05) is 6.42 Å². The van der Waals surface area contributed by atoms with E-state index in [4.69, 9.17) is 4.74 Å². The van der Waals surface area contributed by atoms with Crippen LogP contribution in [0.5, 0.6) is 5.75 Å². The lowest BCUT2D eigenvalue weighted by Gasteiger charge is -2.38. The van der Waals surface area contributed by atoms with Gasteiger partial charge in [-0.05, 0) is 55.4 Å². The van der Waals surface area contributed by atoms with Crippen molar-refractivity contribution in [1.82, 2.24) is 10.2 Å². The Labute approximate surface area is 160 Å². The summed E-state index contributed by atoms with van der Waals surface area (Å²) >= 11 is 0. The van der Waals surface area contributed by atoms with Crippen LogP contribution < -0.4 is 10.1 Å². The van der Waals surface area contributed by atoms with Gasteiger partial charge < -0.3 is 15.0 Å². The molecule has 0 radical (unpaired) electrons. The van der Waals surface area contributed by atoms with Crippen LogP contribution in [0.15, 0.2) is 29.3 Å². The molecule has 0 atom stereocenters. The largest absolute Gasteiger partial charge is 0.494 e. The van der Waals surface area contributed by atoms with E-state index in [-0.39, 0.29) is 29.8 Å². The molecule has 6 heteroatoms. The molecule has 134 valence electrons. The first-order chi connectivity index (χ1) is 11.2. The van der Waals surface area contributed by atoms with Crippen molar-refractivity contribution in [3.63, 3.8) is 0 Å². The Morgan fingerprint density at radius 1 is 1.29 bits per heavy atom. The molecule has 1 saturated carbocycles. The second kappa shape index (κ2) is 8.87. The third kappa shape index (κ3) is 4.74. The molecule has 1 N–H and O–H groups in total. The number of hydrogen-bond acceptors (Lipinski definition) is 2. The van der Waals surface area contributed by atoms with E-state index in [1.165, 1.54) is 37.8 Å². The van der Waals surface area contributed by atoms with Crippen LogP contribution in [-0.4, -0.2) is 44.1 Å². The SMILES string of the molecule is CN=C(NCCCOc1ccc(F)cc1)N1CCC2(CCC2)C1.I. The fourth-order valence-corrected chi connectivity index (χ4v) is 3.53. The summed E-state index contributed by atoms with van der Waals surface area (Å²) in [6.45, 7) is 3.71. The zero-order valence-corrected chi connectivity index (χ0v) is 16.6. The Balaban J connectivity index is 0.00000208. The van der Waals surface area contributed by atoms with E-state index < -0.39 is 0 Å². The van der Waals surface area contributed by atoms with Gasteiger partial charge in [-0.25, -0.2) is 4.39 Å². The minimum Gasteiger partial charge on any atom is -0.494 e. The van der Waals surface area contributed by atoms with Gasteiger partial charge in [0.25, 0.3) is 0 Å². The van der Waals surface area contributed by atoms with Crippen molar-refractivity contribution >= 4 is 29.9 Å². The van der Waals surface area contributed by atoms with Crippen LogP contribution in [-0.2, 0) is 0 Å². The molecule has 1 saturated heterocycles. The Hall–Kier alpha value is -1.05. The number of guanidine groups is 1. The Kier molecular flexibility index (Phi) is 7.13. The van der Waals surface area contributed by atoms with Gasteiger partial charge in [0.15, 0.2) is 5.96 Å². The van der Waals surface area contributed by atoms with Crippen molar-refractivity contribution < 1.29 is 9.13 Å². The summed E-state index contributed by atoms with van der Waals surface area (Å²) in [6, 6.07) is 6.14. The number of aliphatic imine (C=N–C) groups is 1. The Morgan fingerprint density at radius 2 is 2.04 bits per heavy atom. The molecule has 2 aliphatic rings. The van der Waals surface area contributed by atoms with Gasteiger partial charge in [0, 0.05) is 26.7 Å². The summed E-state index contributed by atoms with van der Waals surface area (Å²) in [4.78, 5) is 6.80. The van der Waals surface area contributed by atoms with Crippen LogP contribution in [0.1, 0.15) is 32.1 Å². The smallest absolute Gasteiger partial charge is 0.193 e. The molecule has 2 fully saturated rings. The number of nitrogens with one attached hydrogen (secondary N) is 1. The Bertz CT molecular complexity index is 546. The number of hydrogen-bond donors (Lipinski definition) is 1. The second-order valence-corrected chi connectivity index (χ2v) is 6.66. The minimum atomic E-state index is -0.238. The molecule has 0 unspecified atom stereocenters. The maximum absolute atomic E-state index is 12.8. The number of rotatable bonds is 5. The van der Waals surface area contributed by atoms with Gasteiger partial charge in [0.05, 0.1) is 6.61 Å². The lowest BCUT2D eigenvalue weighted by Crippen LogP contribution is -2.43. The van der Waals surface area contributed by atoms with Crippen molar-refractivity contribution in [1.29, 1.82) is 0 Å². The lowest BCUT2D eigenvalue weighted by atomic mass is 9.68. The van der Waals surface area contributed by atoms with Crippen LogP contribution in [0, 0.1) is 11.2 Å². The average molecular weight is 447 g/mol. The second-order valence-electron chi connectivity index (χ2n) is 6.66. The third-order valence-corrected chi connectivity index (χ3v) is 5.05. The Morgan fingerprint density at radius 3 is 2.62 bits per heavy atom. The van der Waals surface area contributed by atoms with Crippen molar-refractivity contribution in [3.8, 4) is 5.75 Å². The zero-order chi connectivity index (χ0) is 16.1. The molecular formula is C18H27FIN3O. The van der Waals surface area contributed by atoms with Gasteiger partial charge >= 0.3 is 0 Å². The molecule has 4 nitrogen and oxygen atoms in total. The molecule has 1 aromatic carbocycles. The molecule has 1 heterocycles. The van der Waals surface area contributed by atoms with E-state index in [0.29, 0.717) is 17.8 Å². The van der Waals surface area contributed by atoms with Gasteiger partial charge in [-0.2, -0.15) is 0 Å². The van der Waals surface area contributed by atoms with Crippen molar-refractivity contribution in [2.24, 2.45) is 10.4 Å². The van der Waals surface area contributed by atoms with Gasteiger partial charge in [0.1, 0.15) is 11.6 Å². The quantitative estimate of drug-likeness (QED) is 0.324. The van der Waals surface area contributed by atoms with Crippen molar-refractivity contribution in [2.45, 2.75) is 32.1 Å².